The van der Waals surface area contributed by atoms with Crippen molar-refractivity contribution in [1.82, 2.24) is 15.5 Å². The number of amides is 3. The lowest BCUT2D eigenvalue weighted by Gasteiger charge is -2.39. The van der Waals surface area contributed by atoms with E-state index in [0.717, 1.165) is 17.5 Å². The largest absolute Gasteiger partial charge is 0.508 e. The monoisotopic (exact) mass is 715 g/mol. The maximum Gasteiger partial charge on any atom is 0.408 e. The van der Waals surface area contributed by atoms with E-state index in [4.69, 9.17) is 9.47 Å². The first-order valence-electron chi connectivity index (χ1n) is 18.0. The fraction of sp³-hybridized carbons (Fsp3) is 0.476. The van der Waals surface area contributed by atoms with Gasteiger partial charge in [0.1, 0.15) is 35.1 Å². The molecule has 0 fully saturated rings. The highest BCUT2D eigenvalue weighted by Gasteiger charge is 2.40. The number of phenolic OH excluding ortho intramolecular Hbond substituents is 1. The first-order chi connectivity index (χ1) is 24.3. The molecule has 0 radical (unpaired) electrons. The molecule has 0 aromatic heterocycles. The number of hydrogen-bond acceptors (Lipinski definition) is 7. The molecule has 0 aliphatic carbocycles. The van der Waals surface area contributed by atoms with Crippen LogP contribution in [0.4, 0.5) is 4.79 Å². The molecule has 0 saturated carbocycles. The smallest absolute Gasteiger partial charge is 0.408 e. The highest BCUT2D eigenvalue weighted by Crippen LogP contribution is 2.30. The summed E-state index contributed by atoms with van der Waals surface area (Å²) in [5, 5.41) is 15.9. The van der Waals surface area contributed by atoms with Gasteiger partial charge in [-0.05, 0) is 96.0 Å². The van der Waals surface area contributed by atoms with Gasteiger partial charge in [-0.2, -0.15) is 0 Å². The molecular formula is C42H57N3O7. The zero-order valence-electron chi connectivity index (χ0n) is 32.1. The minimum atomic E-state index is -1.25. The predicted octanol–water partition coefficient (Wildman–Crippen LogP) is 7.29. The molecule has 0 saturated heterocycles. The van der Waals surface area contributed by atoms with Gasteiger partial charge < -0.3 is 30.1 Å². The van der Waals surface area contributed by atoms with Crippen LogP contribution < -0.4 is 10.6 Å². The average Bonchev–Trinajstić information content (AvgIpc) is 3.05. The normalized spacial score (nSPS) is 14.0. The maximum atomic E-state index is 15.1. The number of phenols is 1. The maximum absolute atomic E-state index is 15.1. The summed E-state index contributed by atoms with van der Waals surface area (Å²) in [6.07, 6.45) is 0.819. The molecule has 52 heavy (non-hydrogen) atoms. The van der Waals surface area contributed by atoms with E-state index in [0.29, 0.717) is 17.9 Å². The molecule has 3 rings (SSSR count). The van der Waals surface area contributed by atoms with Crippen LogP contribution in [0.3, 0.4) is 0 Å². The molecule has 10 nitrogen and oxygen atoms in total. The number of carbonyl (C=O) groups is 4. The lowest BCUT2D eigenvalue weighted by Crippen LogP contribution is -2.57. The lowest BCUT2D eigenvalue weighted by atomic mass is 9.95. The quantitative estimate of drug-likeness (QED) is 0.141. The van der Waals surface area contributed by atoms with Crippen molar-refractivity contribution < 1.29 is 33.8 Å². The number of alkyl carbamates (subject to hydrolysis) is 1. The van der Waals surface area contributed by atoms with Gasteiger partial charge in [0.2, 0.25) is 11.8 Å². The van der Waals surface area contributed by atoms with Crippen LogP contribution >= 0.6 is 0 Å². The van der Waals surface area contributed by atoms with E-state index in [-0.39, 0.29) is 18.6 Å². The van der Waals surface area contributed by atoms with Crippen molar-refractivity contribution in [2.45, 2.75) is 123 Å². The molecule has 3 N–H and O–H groups in total. The molecule has 4 unspecified atom stereocenters. The molecule has 3 aromatic carbocycles. The highest BCUT2D eigenvalue weighted by atomic mass is 16.6. The Labute approximate surface area is 309 Å². The molecule has 3 amide bonds. The average molecular weight is 716 g/mol. The first kappa shape index (κ1) is 41.6. The van der Waals surface area contributed by atoms with Crippen molar-refractivity contribution in [3.63, 3.8) is 0 Å². The van der Waals surface area contributed by atoms with Gasteiger partial charge in [-0.3, -0.25) is 9.59 Å². The topological polar surface area (TPSA) is 134 Å². The number of nitrogens with zero attached hydrogens (tertiary/aromatic N) is 1. The van der Waals surface area contributed by atoms with E-state index >= 15 is 4.79 Å². The van der Waals surface area contributed by atoms with E-state index in [2.05, 4.69) is 24.5 Å². The minimum absolute atomic E-state index is 0.0158. The van der Waals surface area contributed by atoms with Gasteiger partial charge in [0.05, 0.1) is 0 Å². The van der Waals surface area contributed by atoms with Crippen molar-refractivity contribution in [2.24, 2.45) is 5.92 Å². The van der Waals surface area contributed by atoms with Crippen LogP contribution in [0.15, 0.2) is 84.9 Å². The molecule has 0 bridgehead atoms. The number of hydrogen-bond donors (Lipinski definition) is 3. The summed E-state index contributed by atoms with van der Waals surface area (Å²) in [5.74, 6) is -1.44. The van der Waals surface area contributed by atoms with Gasteiger partial charge in [0.15, 0.2) is 0 Å². The predicted molar refractivity (Wildman–Crippen MR) is 202 cm³/mol. The zero-order valence-corrected chi connectivity index (χ0v) is 32.1. The molecule has 282 valence electrons. The van der Waals surface area contributed by atoms with Crippen LogP contribution in [0.1, 0.15) is 97.9 Å². The molecule has 0 spiro atoms. The summed E-state index contributed by atoms with van der Waals surface area (Å²) in [4.78, 5) is 58.2. The van der Waals surface area contributed by atoms with Crippen LogP contribution in [0, 0.1) is 5.92 Å². The first-order valence-corrected chi connectivity index (χ1v) is 18.0. The fourth-order valence-corrected chi connectivity index (χ4v) is 5.75. The van der Waals surface area contributed by atoms with Crippen LogP contribution in [-0.2, 0) is 36.7 Å². The third kappa shape index (κ3) is 13.7. The number of ether oxygens (including phenoxy) is 2. The number of esters is 1. The summed E-state index contributed by atoms with van der Waals surface area (Å²) in [7, 11) is 0. The van der Waals surface area contributed by atoms with E-state index in [1.54, 1.807) is 53.7 Å². The third-order valence-electron chi connectivity index (χ3n) is 8.19. The Morgan fingerprint density at radius 2 is 1.17 bits per heavy atom. The third-order valence-corrected chi connectivity index (χ3v) is 8.19. The second kappa shape index (κ2) is 18.6. The summed E-state index contributed by atoms with van der Waals surface area (Å²) in [6.45, 7) is 16.5. The summed E-state index contributed by atoms with van der Waals surface area (Å²) >= 11 is 0. The van der Waals surface area contributed by atoms with Gasteiger partial charge in [0.25, 0.3) is 0 Å². The molecule has 3 aromatic rings. The van der Waals surface area contributed by atoms with Crippen LogP contribution in [-0.4, -0.2) is 63.2 Å². The van der Waals surface area contributed by atoms with Crippen molar-refractivity contribution in [1.29, 1.82) is 0 Å². The Morgan fingerprint density at radius 1 is 0.673 bits per heavy atom. The molecule has 0 aliphatic heterocycles. The number of carbonyl (C=O) groups excluding carboxylic acids is 4. The zero-order chi connectivity index (χ0) is 38.6. The second-order valence-corrected chi connectivity index (χ2v) is 15.7. The number of benzene rings is 3. The van der Waals surface area contributed by atoms with Crippen LogP contribution in [0.2, 0.25) is 0 Å². The Morgan fingerprint density at radius 3 is 1.65 bits per heavy atom. The van der Waals surface area contributed by atoms with E-state index in [1.165, 1.54) is 17.0 Å². The van der Waals surface area contributed by atoms with Crippen molar-refractivity contribution in [2.75, 3.05) is 0 Å². The summed E-state index contributed by atoms with van der Waals surface area (Å²) < 4.78 is 11.3. The van der Waals surface area contributed by atoms with E-state index < -0.39 is 59.2 Å². The summed E-state index contributed by atoms with van der Waals surface area (Å²) in [6, 6.07) is 20.7. The minimum Gasteiger partial charge on any atom is -0.508 e. The van der Waals surface area contributed by atoms with Crippen LogP contribution in [0.5, 0.6) is 5.75 Å². The van der Waals surface area contributed by atoms with Gasteiger partial charge in [-0.1, -0.05) is 86.6 Å². The Balaban J connectivity index is 2.17. The SMILES string of the molecule is CC(C)CCC(C)N(C(=O)C(Cc1ccccc1)NC(=O)OC(C)(C)C)C(C(=O)NC(Cc1ccccc1)C(=O)OC(C)(C)C)c1ccc(O)cc1. The molecule has 0 aliphatic rings. The molecule has 0 heterocycles. The van der Waals surface area contributed by atoms with E-state index in [9.17, 15) is 19.5 Å². The van der Waals surface area contributed by atoms with E-state index in [1.807, 2.05) is 67.6 Å². The standard InChI is InChI=1S/C42H57N3O7/c1-28(2)20-21-29(3)45(38(48)34(26-30-16-12-10-13-17-30)44-40(50)52-42(7,8)9)36(32-22-24-33(46)25-23-32)37(47)43-35(39(49)51-41(4,5)6)27-31-18-14-11-15-19-31/h10-19,22-25,28-29,34-36,46H,20-21,26-27H2,1-9H3,(H,43,47)(H,44,50). The summed E-state index contributed by atoms with van der Waals surface area (Å²) in [5.41, 5.74) is 0.378. The van der Waals surface area contributed by atoms with Crippen molar-refractivity contribution >= 4 is 23.9 Å². The van der Waals surface area contributed by atoms with Gasteiger partial charge in [-0.25, -0.2) is 9.59 Å². The Bertz CT molecular complexity index is 1600. The van der Waals surface area contributed by atoms with Crippen LogP contribution in [0.25, 0.3) is 0 Å². The lowest BCUT2D eigenvalue weighted by molar-refractivity contribution is -0.159. The van der Waals surface area contributed by atoms with Gasteiger partial charge in [0, 0.05) is 18.9 Å². The fourth-order valence-electron chi connectivity index (χ4n) is 5.75. The molecular weight excluding hydrogens is 658 g/mol. The van der Waals surface area contributed by atoms with Crippen molar-refractivity contribution in [3.05, 3.63) is 102 Å². The van der Waals surface area contributed by atoms with Gasteiger partial charge >= 0.3 is 12.1 Å². The van der Waals surface area contributed by atoms with Crippen molar-refractivity contribution in [3.8, 4) is 5.75 Å². The Hall–Kier alpha value is -4.86. The Kier molecular flexibility index (Phi) is 14.8. The number of aromatic hydroxyl groups is 1. The number of rotatable bonds is 15. The second-order valence-electron chi connectivity index (χ2n) is 15.7. The number of nitrogens with one attached hydrogen (secondary N) is 2. The highest BCUT2D eigenvalue weighted by molar-refractivity contribution is 5.94. The molecule has 10 heteroatoms. The molecule has 4 atom stereocenters. The van der Waals surface area contributed by atoms with Gasteiger partial charge in [-0.15, -0.1) is 0 Å².